The second-order valence-electron chi connectivity index (χ2n) is 2.54. The molecule has 0 fully saturated rings. The van der Waals surface area contributed by atoms with Crippen molar-refractivity contribution in [2.24, 2.45) is 0 Å². The third kappa shape index (κ3) is 1.03. The standard InChI is InChI=1S/C8H7F3O/c1-3-4(2)6(10)8(12)7(11)5(3)9/h12H,1-2H3. The summed E-state index contributed by atoms with van der Waals surface area (Å²) in [5, 5.41) is 8.70. The fourth-order valence-electron chi connectivity index (χ4n) is 0.872. The maximum atomic E-state index is 12.8. The Morgan fingerprint density at radius 3 is 1.75 bits per heavy atom. The molecule has 12 heavy (non-hydrogen) atoms. The van der Waals surface area contributed by atoms with E-state index in [1.807, 2.05) is 0 Å². The van der Waals surface area contributed by atoms with Crippen LogP contribution in [-0.4, -0.2) is 5.11 Å². The Morgan fingerprint density at radius 2 is 1.25 bits per heavy atom. The van der Waals surface area contributed by atoms with Gasteiger partial charge < -0.3 is 5.11 Å². The van der Waals surface area contributed by atoms with E-state index in [1.54, 1.807) is 0 Å². The molecule has 0 radical (unpaired) electrons. The zero-order valence-electron chi connectivity index (χ0n) is 6.58. The van der Waals surface area contributed by atoms with Crippen LogP contribution in [0, 0.1) is 31.3 Å². The van der Waals surface area contributed by atoms with E-state index < -0.39 is 23.2 Å². The lowest BCUT2D eigenvalue weighted by Crippen LogP contribution is -1.97. The predicted octanol–water partition coefficient (Wildman–Crippen LogP) is 2.43. The molecule has 1 aromatic rings. The summed E-state index contributed by atoms with van der Waals surface area (Å²) in [6.45, 7) is 2.52. The van der Waals surface area contributed by atoms with Crippen LogP contribution in [0.3, 0.4) is 0 Å². The number of hydrogen-bond acceptors (Lipinski definition) is 1. The fourth-order valence-corrected chi connectivity index (χ4v) is 0.872. The molecule has 0 saturated carbocycles. The van der Waals surface area contributed by atoms with E-state index in [9.17, 15) is 13.2 Å². The monoisotopic (exact) mass is 176 g/mol. The molecule has 0 aromatic heterocycles. The van der Waals surface area contributed by atoms with E-state index in [2.05, 4.69) is 0 Å². The molecule has 0 heterocycles. The molecule has 4 heteroatoms. The molecule has 0 saturated heterocycles. The van der Waals surface area contributed by atoms with Crippen molar-refractivity contribution >= 4 is 0 Å². The lowest BCUT2D eigenvalue weighted by atomic mass is 10.1. The van der Waals surface area contributed by atoms with Gasteiger partial charge in [-0.3, -0.25) is 0 Å². The van der Waals surface area contributed by atoms with Gasteiger partial charge >= 0.3 is 0 Å². The fraction of sp³-hybridized carbons (Fsp3) is 0.250. The summed E-state index contributed by atoms with van der Waals surface area (Å²) < 4.78 is 38.1. The molecule has 1 N–H and O–H groups in total. The third-order valence-corrected chi connectivity index (χ3v) is 1.83. The molecule has 0 bridgehead atoms. The Kier molecular flexibility index (Phi) is 2.00. The number of benzene rings is 1. The lowest BCUT2D eigenvalue weighted by Gasteiger charge is -2.06. The van der Waals surface area contributed by atoms with E-state index in [0.717, 1.165) is 0 Å². The van der Waals surface area contributed by atoms with Crippen LogP contribution in [0.15, 0.2) is 0 Å². The van der Waals surface area contributed by atoms with E-state index in [1.165, 1.54) is 13.8 Å². The van der Waals surface area contributed by atoms with E-state index in [0.29, 0.717) is 0 Å². The highest BCUT2D eigenvalue weighted by atomic mass is 19.2. The van der Waals surface area contributed by atoms with Gasteiger partial charge in [-0.15, -0.1) is 0 Å². The van der Waals surface area contributed by atoms with Crippen LogP contribution < -0.4 is 0 Å². The van der Waals surface area contributed by atoms with Crippen LogP contribution in [-0.2, 0) is 0 Å². The van der Waals surface area contributed by atoms with Gasteiger partial charge in [-0.1, -0.05) is 0 Å². The molecule has 0 atom stereocenters. The lowest BCUT2D eigenvalue weighted by molar-refractivity contribution is 0.372. The van der Waals surface area contributed by atoms with Crippen molar-refractivity contribution in [1.29, 1.82) is 0 Å². The smallest absolute Gasteiger partial charge is 0.203 e. The van der Waals surface area contributed by atoms with E-state index >= 15 is 0 Å². The molecular formula is C8H7F3O. The van der Waals surface area contributed by atoms with Crippen LogP contribution in [0.2, 0.25) is 0 Å². The molecule has 0 spiro atoms. The zero-order valence-corrected chi connectivity index (χ0v) is 6.58. The molecule has 0 unspecified atom stereocenters. The van der Waals surface area contributed by atoms with Gasteiger partial charge in [-0.05, 0) is 25.0 Å². The third-order valence-electron chi connectivity index (χ3n) is 1.83. The van der Waals surface area contributed by atoms with Gasteiger partial charge in [-0.2, -0.15) is 4.39 Å². The van der Waals surface area contributed by atoms with Crippen LogP contribution in [0.5, 0.6) is 5.75 Å². The first-order valence-corrected chi connectivity index (χ1v) is 3.29. The number of halogens is 3. The van der Waals surface area contributed by atoms with Crippen molar-refractivity contribution in [3.63, 3.8) is 0 Å². The van der Waals surface area contributed by atoms with Gasteiger partial charge in [0, 0.05) is 0 Å². The highest BCUT2D eigenvalue weighted by Crippen LogP contribution is 2.28. The number of phenols is 1. The van der Waals surface area contributed by atoms with Crippen LogP contribution >= 0.6 is 0 Å². The largest absolute Gasteiger partial charge is 0.503 e. The zero-order chi connectivity index (χ0) is 9.46. The molecule has 0 aliphatic heterocycles. The number of aromatic hydroxyl groups is 1. The number of hydrogen-bond donors (Lipinski definition) is 1. The molecule has 0 aliphatic rings. The Bertz CT molecular complexity index is 229. The SMILES string of the molecule is Cc1c(C)c(F)c(F)c(O)c1F. The molecule has 66 valence electrons. The van der Waals surface area contributed by atoms with Crippen molar-refractivity contribution in [2.45, 2.75) is 13.8 Å². The molecule has 0 amide bonds. The van der Waals surface area contributed by atoms with Gasteiger partial charge in [-0.25, -0.2) is 8.78 Å². The Hall–Kier alpha value is -1.19. The second kappa shape index (κ2) is 2.69. The highest BCUT2D eigenvalue weighted by molar-refractivity contribution is 5.37. The number of phenolic OH excluding ortho intramolecular Hbond substituents is 1. The first-order chi connectivity index (χ1) is 5.46. The molecular weight excluding hydrogens is 169 g/mol. The Balaban J connectivity index is 3.60. The summed E-state index contributed by atoms with van der Waals surface area (Å²) in [7, 11) is 0. The van der Waals surface area contributed by atoms with Crippen molar-refractivity contribution in [2.75, 3.05) is 0 Å². The summed E-state index contributed by atoms with van der Waals surface area (Å²) in [4.78, 5) is 0. The summed E-state index contributed by atoms with van der Waals surface area (Å²) >= 11 is 0. The molecule has 1 nitrogen and oxygen atoms in total. The van der Waals surface area contributed by atoms with Crippen molar-refractivity contribution in [3.05, 3.63) is 28.6 Å². The predicted molar refractivity (Wildman–Crippen MR) is 37.5 cm³/mol. The van der Waals surface area contributed by atoms with Crippen LogP contribution in [0.4, 0.5) is 13.2 Å². The Morgan fingerprint density at radius 1 is 0.833 bits per heavy atom. The van der Waals surface area contributed by atoms with E-state index in [-0.39, 0.29) is 11.1 Å². The first kappa shape index (κ1) is 8.90. The van der Waals surface area contributed by atoms with Gasteiger partial charge in [0.1, 0.15) is 0 Å². The Labute approximate surface area is 67.5 Å². The van der Waals surface area contributed by atoms with Gasteiger partial charge in [0.15, 0.2) is 17.4 Å². The van der Waals surface area contributed by atoms with Crippen LogP contribution in [0.25, 0.3) is 0 Å². The average molecular weight is 176 g/mol. The average Bonchev–Trinajstić information content (AvgIpc) is 2.08. The topological polar surface area (TPSA) is 20.2 Å². The first-order valence-electron chi connectivity index (χ1n) is 3.29. The van der Waals surface area contributed by atoms with E-state index in [4.69, 9.17) is 5.11 Å². The van der Waals surface area contributed by atoms with Crippen LogP contribution in [0.1, 0.15) is 11.1 Å². The van der Waals surface area contributed by atoms with Crippen molar-refractivity contribution in [3.8, 4) is 5.75 Å². The quantitative estimate of drug-likeness (QED) is 0.602. The molecule has 1 rings (SSSR count). The summed E-state index contributed by atoms with van der Waals surface area (Å²) in [6, 6.07) is 0. The summed E-state index contributed by atoms with van der Waals surface area (Å²) in [6.07, 6.45) is 0. The number of rotatable bonds is 0. The summed E-state index contributed by atoms with van der Waals surface area (Å²) in [5.41, 5.74) is -0.200. The highest BCUT2D eigenvalue weighted by Gasteiger charge is 2.19. The van der Waals surface area contributed by atoms with Crippen molar-refractivity contribution < 1.29 is 18.3 Å². The minimum absolute atomic E-state index is 0.0774. The molecule has 1 aromatic carbocycles. The molecule has 0 aliphatic carbocycles. The second-order valence-corrected chi connectivity index (χ2v) is 2.54. The minimum Gasteiger partial charge on any atom is -0.503 e. The van der Waals surface area contributed by atoms with Gasteiger partial charge in [0.2, 0.25) is 5.82 Å². The van der Waals surface area contributed by atoms with Gasteiger partial charge in [0.25, 0.3) is 0 Å². The van der Waals surface area contributed by atoms with Crippen molar-refractivity contribution in [1.82, 2.24) is 0 Å². The minimum atomic E-state index is -1.53. The summed E-state index contributed by atoms with van der Waals surface area (Å²) in [5.74, 6) is -5.09. The van der Waals surface area contributed by atoms with Gasteiger partial charge in [0.05, 0.1) is 0 Å². The maximum absolute atomic E-state index is 12.8. The maximum Gasteiger partial charge on any atom is 0.203 e. The normalized spacial score (nSPS) is 10.4.